The van der Waals surface area contributed by atoms with E-state index in [4.69, 9.17) is 5.26 Å². The Hall–Kier alpha value is -3.29. The van der Waals surface area contributed by atoms with Gasteiger partial charge in [-0.25, -0.2) is 0 Å². The number of nitriles is 1. The highest BCUT2D eigenvalue weighted by atomic mass is 32.2. The van der Waals surface area contributed by atoms with Crippen LogP contribution in [0.1, 0.15) is 12.7 Å². The molecule has 0 radical (unpaired) electrons. The highest BCUT2D eigenvalue weighted by Crippen LogP contribution is 2.28. The lowest BCUT2D eigenvalue weighted by atomic mass is 10.2. The van der Waals surface area contributed by atoms with Crippen LogP contribution in [0.3, 0.4) is 0 Å². The van der Waals surface area contributed by atoms with E-state index in [2.05, 4.69) is 26.9 Å². The molecule has 10 heteroatoms. The first-order chi connectivity index (χ1) is 15.0. The van der Waals surface area contributed by atoms with Crippen molar-refractivity contribution >= 4 is 46.7 Å². The van der Waals surface area contributed by atoms with Crippen molar-refractivity contribution in [2.75, 3.05) is 22.1 Å². The highest BCUT2D eigenvalue weighted by molar-refractivity contribution is 8.00. The minimum absolute atomic E-state index is 0.140. The van der Waals surface area contributed by atoms with Crippen LogP contribution in [0.2, 0.25) is 0 Å². The molecule has 0 fully saturated rings. The highest BCUT2D eigenvalue weighted by Gasteiger charge is 2.15. The second-order valence-electron chi connectivity index (χ2n) is 6.38. The minimum atomic E-state index is -0.186. The Morgan fingerprint density at radius 1 is 1.10 bits per heavy atom. The molecule has 31 heavy (non-hydrogen) atoms. The first kappa shape index (κ1) is 22.4. The molecular formula is C21H20N6O2S2. The molecular weight excluding hydrogens is 432 g/mol. The van der Waals surface area contributed by atoms with Crippen LogP contribution in [-0.4, -0.2) is 38.1 Å². The molecule has 3 aromatic rings. The van der Waals surface area contributed by atoms with Crippen LogP contribution in [0.25, 0.3) is 5.69 Å². The van der Waals surface area contributed by atoms with Gasteiger partial charge in [-0.2, -0.15) is 5.26 Å². The zero-order valence-corrected chi connectivity index (χ0v) is 18.6. The number of hydrogen-bond acceptors (Lipinski definition) is 7. The number of benzene rings is 2. The van der Waals surface area contributed by atoms with Gasteiger partial charge in [0.1, 0.15) is 5.82 Å². The summed E-state index contributed by atoms with van der Waals surface area (Å²) in [5.74, 6) is 0.773. The quantitative estimate of drug-likeness (QED) is 0.499. The Morgan fingerprint density at radius 3 is 2.68 bits per heavy atom. The smallest absolute Gasteiger partial charge is 0.234 e. The van der Waals surface area contributed by atoms with Crippen molar-refractivity contribution < 1.29 is 9.59 Å². The number of nitrogens with one attached hydrogen (secondary N) is 2. The lowest BCUT2D eigenvalue weighted by Gasteiger charge is -2.11. The Morgan fingerprint density at radius 2 is 1.90 bits per heavy atom. The molecule has 0 aliphatic heterocycles. The van der Waals surface area contributed by atoms with Crippen molar-refractivity contribution in [1.82, 2.24) is 14.8 Å². The third kappa shape index (κ3) is 6.10. The van der Waals surface area contributed by atoms with Gasteiger partial charge in [0.05, 0.1) is 28.9 Å². The van der Waals surface area contributed by atoms with Gasteiger partial charge in [-0.1, -0.05) is 30.0 Å². The van der Waals surface area contributed by atoms with Crippen molar-refractivity contribution in [1.29, 1.82) is 5.26 Å². The molecule has 0 bridgehead atoms. The average molecular weight is 453 g/mol. The largest absolute Gasteiger partial charge is 0.326 e. The molecule has 0 saturated heterocycles. The van der Waals surface area contributed by atoms with Gasteiger partial charge >= 0.3 is 0 Å². The summed E-state index contributed by atoms with van der Waals surface area (Å²) >= 11 is 2.64. The molecule has 0 spiro atoms. The van der Waals surface area contributed by atoms with E-state index in [1.807, 2.05) is 54.0 Å². The van der Waals surface area contributed by atoms with Crippen LogP contribution >= 0.6 is 23.5 Å². The van der Waals surface area contributed by atoms with E-state index in [-0.39, 0.29) is 17.6 Å². The maximum Gasteiger partial charge on any atom is 0.234 e. The molecule has 2 amide bonds. The summed E-state index contributed by atoms with van der Waals surface area (Å²) in [6, 6.07) is 16.8. The van der Waals surface area contributed by atoms with Crippen LogP contribution in [0.15, 0.2) is 58.6 Å². The second kappa shape index (κ2) is 10.7. The van der Waals surface area contributed by atoms with Gasteiger partial charge in [0.2, 0.25) is 11.8 Å². The molecule has 158 valence electrons. The molecule has 2 N–H and O–H groups in total. The van der Waals surface area contributed by atoms with Crippen molar-refractivity contribution in [3.8, 4) is 11.8 Å². The van der Waals surface area contributed by atoms with Crippen LogP contribution in [0.4, 0.5) is 11.4 Å². The van der Waals surface area contributed by atoms with E-state index in [0.717, 1.165) is 10.6 Å². The Labute approximate surface area is 188 Å². The molecule has 0 aliphatic carbocycles. The zero-order valence-electron chi connectivity index (χ0n) is 17.0. The number of thioether (sulfide) groups is 2. The Bertz CT molecular complexity index is 1140. The topological polar surface area (TPSA) is 113 Å². The van der Waals surface area contributed by atoms with Gasteiger partial charge in [-0.3, -0.25) is 14.2 Å². The molecule has 2 aromatic carbocycles. The summed E-state index contributed by atoms with van der Waals surface area (Å²) in [4.78, 5) is 24.7. The maximum atomic E-state index is 12.5. The number of aromatic nitrogens is 3. The van der Waals surface area contributed by atoms with E-state index in [1.165, 1.54) is 30.4 Å². The van der Waals surface area contributed by atoms with Crippen molar-refractivity contribution in [3.63, 3.8) is 0 Å². The molecule has 0 aliphatic rings. The number of hydrogen-bond donors (Lipinski definition) is 2. The third-order valence-electron chi connectivity index (χ3n) is 4.01. The number of carbonyl (C=O) groups excluding carboxylic acids is 2. The van der Waals surface area contributed by atoms with Crippen LogP contribution in [0, 0.1) is 18.3 Å². The first-order valence-electron chi connectivity index (χ1n) is 9.29. The second-order valence-corrected chi connectivity index (χ2v) is 8.34. The van der Waals surface area contributed by atoms with Gasteiger partial charge in [-0.15, -0.1) is 22.0 Å². The fraction of sp³-hybridized carbons (Fsp3) is 0.190. The maximum absolute atomic E-state index is 12.5. The number of nitrogens with zero attached hydrogens (tertiary/aromatic N) is 4. The standard InChI is InChI=1S/C21H20N6O2S2/c1-14-25-26-21(27(14)17-7-5-6-16(12-17)23-15(2)28)31-13-20(29)24-18-8-3-4-9-19(18)30-11-10-22/h3-9,12H,11,13H2,1-2H3,(H,23,28)(H,24,29). The van der Waals surface area contributed by atoms with Gasteiger partial charge in [0.15, 0.2) is 5.16 Å². The van der Waals surface area contributed by atoms with E-state index in [1.54, 1.807) is 6.07 Å². The van der Waals surface area contributed by atoms with Gasteiger partial charge in [0.25, 0.3) is 0 Å². The van der Waals surface area contributed by atoms with Crippen LogP contribution in [0.5, 0.6) is 0 Å². The summed E-state index contributed by atoms with van der Waals surface area (Å²) in [6.07, 6.45) is 0. The van der Waals surface area contributed by atoms with Crippen molar-refractivity contribution in [3.05, 3.63) is 54.4 Å². The number of amides is 2. The minimum Gasteiger partial charge on any atom is -0.326 e. The molecule has 0 saturated carbocycles. The summed E-state index contributed by atoms with van der Waals surface area (Å²) in [6.45, 7) is 3.28. The van der Waals surface area contributed by atoms with Gasteiger partial charge in [-0.05, 0) is 37.3 Å². The lowest BCUT2D eigenvalue weighted by molar-refractivity contribution is -0.114. The fourth-order valence-corrected chi connectivity index (χ4v) is 4.25. The fourth-order valence-electron chi connectivity index (χ4n) is 2.78. The SMILES string of the molecule is CC(=O)Nc1cccc(-n2c(C)nnc2SCC(=O)Nc2ccccc2SCC#N)c1. The molecule has 1 heterocycles. The van der Waals surface area contributed by atoms with Crippen molar-refractivity contribution in [2.24, 2.45) is 0 Å². The average Bonchev–Trinajstić information content (AvgIpc) is 3.11. The number of rotatable bonds is 8. The van der Waals surface area contributed by atoms with E-state index >= 15 is 0 Å². The molecule has 1 aromatic heterocycles. The van der Waals surface area contributed by atoms with E-state index in [0.29, 0.717) is 28.1 Å². The predicted molar refractivity (Wildman–Crippen MR) is 123 cm³/mol. The Balaban J connectivity index is 1.71. The van der Waals surface area contributed by atoms with Crippen LogP contribution in [-0.2, 0) is 9.59 Å². The van der Waals surface area contributed by atoms with Crippen molar-refractivity contribution in [2.45, 2.75) is 23.9 Å². The summed E-state index contributed by atoms with van der Waals surface area (Å²) in [5, 5.41) is 23.3. The van der Waals surface area contributed by atoms with E-state index < -0.39 is 0 Å². The Kier molecular flexibility index (Phi) is 7.70. The number of carbonyl (C=O) groups is 2. The molecule has 3 rings (SSSR count). The zero-order chi connectivity index (χ0) is 22.2. The normalized spacial score (nSPS) is 10.4. The molecule has 0 unspecified atom stereocenters. The van der Waals surface area contributed by atoms with E-state index in [9.17, 15) is 9.59 Å². The summed E-state index contributed by atoms with van der Waals surface area (Å²) in [5.41, 5.74) is 2.13. The molecule has 8 nitrogen and oxygen atoms in total. The monoisotopic (exact) mass is 452 g/mol. The van der Waals surface area contributed by atoms with Crippen LogP contribution < -0.4 is 10.6 Å². The van der Waals surface area contributed by atoms with Gasteiger partial charge in [0, 0.05) is 17.5 Å². The first-order valence-corrected chi connectivity index (χ1v) is 11.3. The summed E-state index contributed by atoms with van der Waals surface area (Å²) < 4.78 is 1.83. The number of anilines is 2. The number of aryl methyl sites for hydroxylation is 1. The third-order valence-corrected chi connectivity index (χ3v) is 5.88. The summed E-state index contributed by atoms with van der Waals surface area (Å²) in [7, 11) is 0. The number of para-hydroxylation sites is 1. The van der Waals surface area contributed by atoms with Gasteiger partial charge < -0.3 is 10.6 Å². The lowest BCUT2D eigenvalue weighted by Crippen LogP contribution is -2.15. The molecule has 0 atom stereocenters. The predicted octanol–water partition coefficient (Wildman–Crippen LogP) is 3.88.